The van der Waals surface area contributed by atoms with Gasteiger partial charge in [0.2, 0.25) is 21.8 Å². The number of methoxy groups -OCH3 is 1. The van der Waals surface area contributed by atoms with Gasteiger partial charge in [-0.15, -0.1) is 4.13 Å². The number of nitriles is 2. The molecule has 0 aromatic heterocycles. The number of allylic oxidation sites excluding steroid dienone is 5. The molecule has 26 nitrogen and oxygen atoms in total. The lowest BCUT2D eigenvalue weighted by atomic mass is 10.1. The van der Waals surface area contributed by atoms with E-state index in [-0.39, 0.29) is 55.2 Å². The molecule has 3 rings (SSSR count). The van der Waals surface area contributed by atoms with Crippen LogP contribution < -0.4 is 27.0 Å². The van der Waals surface area contributed by atoms with Gasteiger partial charge >= 0.3 is 39.4 Å². The molecule has 2 amide bonds. The number of nitrogens with two attached hydrogens (primary N) is 1. The van der Waals surface area contributed by atoms with E-state index in [2.05, 4.69) is 169 Å². The molecule has 0 aliphatic heterocycles. The van der Waals surface area contributed by atoms with Crippen molar-refractivity contribution >= 4 is 121 Å². The number of primary amides is 1. The maximum atomic E-state index is 11.4. The molecule has 3 aromatic carbocycles. The Kier molecular flexibility index (Phi) is 98.4. The number of quaternary nitrogens is 2. The summed E-state index contributed by atoms with van der Waals surface area (Å²) < 4.78 is 108. The largest absolute Gasteiger partial charge is 1.00 e. The Hall–Kier alpha value is -9.85. The first kappa shape index (κ1) is 134. The number of phenolic OH excluding ortho intramolecular Hbond substituents is 1. The summed E-state index contributed by atoms with van der Waals surface area (Å²) in [6, 6.07) is 24.2. The van der Waals surface area contributed by atoms with Crippen LogP contribution in [0.3, 0.4) is 0 Å². The Balaban J connectivity index is -0.000000104. The Morgan fingerprint density at radius 3 is 1.19 bits per heavy atom. The second kappa shape index (κ2) is 86.5. The van der Waals surface area contributed by atoms with Crippen LogP contribution >= 0.6 is 47.8 Å². The molecule has 0 fully saturated rings. The summed E-state index contributed by atoms with van der Waals surface area (Å²) in [6.07, 6.45) is 18.7. The van der Waals surface area contributed by atoms with Gasteiger partial charge in [0, 0.05) is 67.5 Å². The number of ketones is 1. The van der Waals surface area contributed by atoms with Gasteiger partial charge in [-0.25, -0.2) is 36.0 Å². The van der Waals surface area contributed by atoms with Crippen LogP contribution in [0.2, 0.25) is 0 Å². The number of phenols is 1. The molecule has 0 saturated heterocycles. The predicted octanol–water partition coefficient (Wildman–Crippen LogP) is 12.4. The number of alkyl halides is 3. The molecule has 0 radical (unpaired) electrons. The molecule has 0 spiro atoms. The average molecular weight is 1920 g/mol. The van der Waals surface area contributed by atoms with E-state index >= 15 is 0 Å². The highest BCUT2D eigenvalue weighted by molar-refractivity contribution is 9.11. The number of nitrogens with one attached hydrogen (secondary N) is 1. The van der Waals surface area contributed by atoms with Gasteiger partial charge in [0.25, 0.3) is 0 Å². The summed E-state index contributed by atoms with van der Waals surface area (Å²) in [5.74, 6) is -0.476. The van der Waals surface area contributed by atoms with Crippen LogP contribution in [0.15, 0.2) is 245 Å². The van der Waals surface area contributed by atoms with Gasteiger partial charge in [-0.2, -0.15) is 23.7 Å². The smallest absolute Gasteiger partial charge is 0.512 e. The number of halogens is 7. The molecule has 118 heavy (non-hydrogen) atoms. The van der Waals surface area contributed by atoms with E-state index in [1.54, 1.807) is 64.6 Å². The first-order valence-electron chi connectivity index (χ1n) is 34.0. The molecule has 0 aliphatic carbocycles. The van der Waals surface area contributed by atoms with Gasteiger partial charge in [0.15, 0.2) is 5.78 Å². The van der Waals surface area contributed by atoms with Crippen LogP contribution in [0, 0.1) is 28.6 Å². The third-order valence-corrected chi connectivity index (χ3v) is 15.1. The lowest BCUT2D eigenvalue weighted by Gasteiger charge is -2.23. The number of amides is 2. The number of sulfonamides is 2. The SMILES string of the molecule is C=C(C)C#N.C=CC#N.C=CC(=O)CC(C)C.C=CC(=O)N(C)C.C=CC(=O)OCCN(CC)CC.C=CC(=O)OCCOc1c(Br)cc(Br)cc1Br.C=CC(=O)OCC[N+](C)(C)C.C=CC(=O)OCC[N+](C)(C)C.C=CC(N)=O.C=CC=C.C=COC.C=Cc1ccc(O)cc1.C=Cc1ccccc1.CS(=O)(=O)NS(=O)(=O)C(F)(F)F.[Cl-]. The third kappa shape index (κ3) is 115. The molecule has 3 aromatic rings. The van der Waals surface area contributed by atoms with Crippen molar-refractivity contribution in [3.63, 3.8) is 0 Å². The summed E-state index contributed by atoms with van der Waals surface area (Å²) in [5.41, 5.74) is 1.67. The molecular weight excluding hydrogens is 1790 g/mol. The predicted molar refractivity (Wildman–Crippen MR) is 478 cm³/mol. The Morgan fingerprint density at radius 1 is 0.627 bits per heavy atom. The number of carbonyl (C=O) groups is 7. The van der Waals surface area contributed by atoms with Crippen molar-refractivity contribution in [1.29, 1.82) is 10.5 Å². The fraction of sp³-hybridized carbons (Fsp3) is 0.337. The zero-order valence-corrected chi connectivity index (χ0v) is 77.9. The second-order valence-electron chi connectivity index (χ2n) is 23.7. The summed E-state index contributed by atoms with van der Waals surface area (Å²) in [6.45, 7) is 62.6. The highest BCUT2D eigenvalue weighted by Crippen LogP contribution is 2.36. The van der Waals surface area contributed by atoms with Gasteiger partial charge < -0.3 is 70.4 Å². The summed E-state index contributed by atoms with van der Waals surface area (Å²) in [5, 5.41) is 24.1. The minimum absolute atomic E-state index is 0. The maximum absolute atomic E-state index is 11.4. The number of hydrogen-bond donors (Lipinski definition) is 3. The van der Waals surface area contributed by atoms with Gasteiger partial charge in [0.1, 0.15) is 57.6 Å². The van der Waals surface area contributed by atoms with Crippen molar-refractivity contribution in [2.45, 2.75) is 46.5 Å². The van der Waals surface area contributed by atoms with Crippen molar-refractivity contribution in [3.05, 3.63) is 256 Å². The minimum Gasteiger partial charge on any atom is -1.00 e. The van der Waals surface area contributed by atoms with E-state index in [1.165, 1.54) is 53.2 Å². The van der Waals surface area contributed by atoms with Gasteiger partial charge in [0.05, 0.1) is 83.0 Å². The van der Waals surface area contributed by atoms with E-state index in [0.29, 0.717) is 59.6 Å². The number of hydrogen-bond acceptors (Lipinski definition) is 21. The standard InChI is InChI=1S/C11H9Br3O3.C9H17NO2.2C8H16NO2.C8H8O.C8H8.C7H12O.C5H9NO.C4H5N.C4H6.C3H5NO.C3H3N.C3H6O.C2H4F3NO4S2.ClH/c1-2-10(15)16-3-4-17-11-8(13)5-7(12)6-9(11)14;1-4-9(11)12-8-7-10(5-2)6-3;2*1-5-8(10)11-7-6-9(2,3)4;1-2-7-3-5-8(9)6-4-7;1-2-8-6-4-3-5-7-8;1-4-7(8)5-6(2)3;1-4-5(7)6(2)3;1-4(2)3-5;1-3-4-2;1-2-3(4)5;1-2-3-4;1-3-4-2;1-11(7,8)6-12(9,10)2(3,4)5;/h2,5-6H,1,3-4H2;4H,1,5-8H2,2-3H3;2*5H,1,6-7H2,2-4H3;2-6,9H,1H2;2-7H,1H2;4,6H,1,5H2,2-3H3;4H,1H2,2-3H3;1H2,2H3;3-4H,1-2H2;2H,1H2,(H2,4,5);2H,1H2;3H,1H2,2H3;6H,1H3;1H/q;;2*+1;;;;;;;;;;;/p-1. The first-order valence-corrected chi connectivity index (χ1v) is 39.8. The van der Waals surface area contributed by atoms with Crippen LogP contribution in [0.5, 0.6) is 11.5 Å². The van der Waals surface area contributed by atoms with Gasteiger partial charge in [-0.3, -0.25) is 14.4 Å². The number of benzene rings is 3. The lowest BCUT2D eigenvalue weighted by molar-refractivity contribution is -0.870. The fourth-order valence-electron chi connectivity index (χ4n) is 4.96. The van der Waals surface area contributed by atoms with Crippen LogP contribution in [-0.4, -0.2) is 223 Å². The molecule has 0 atom stereocenters. The molecule has 0 aliphatic rings. The Morgan fingerprint density at radius 2 is 0.975 bits per heavy atom. The number of likely N-dealkylation sites (N-methyl/N-ethyl adjacent to an activating group) is 4. The molecule has 664 valence electrons. The van der Waals surface area contributed by atoms with E-state index in [4.69, 9.17) is 39.3 Å². The number of ether oxygens (including phenoxy) is 6. The van der Waals surface area contributed by atoms with Gasteiger partial charge in [-0.1, -0.05) is 202 Å². The normalized spacial score (nSPS) is 9.26. The van der Waals surface area contributed by atoms with Crippen LogP contribution in [0.25, 0.3) is 12.2 Å². The van der Waals surface area contributed by atoms with Crippen molar-refractivity contribution in [2.75, 3.05) is 136 Å². The second-order valence-corrected chi connectivity index (χ2v) is 30.0. The first-order chi connectivity index (χ1) is 54.0. The number of rotatable bonds is 30. The summed E-state index contributed by atoms with van der Waals surface area (Å²) >= 11 is 10.1. The fourth-order valence-corrected chi connectivity index (χ4v) is 9.42. The van der Waals surface area contributed by atoms with Crippen molar-refractivity contribution < 1.29 is 118 Å². The Bertz CT molecular complexity index is 3700. The zero-order chi connectivity index (χ0) is 94.0. The lowest BCUT2D eigenvalue weighted by Crippen LogP contribution is -3.00. The highest BCUT2D eigenvalue weighted by Gasteiger charge is 2.47. The maximum Gasteiger partial charge on any atom is 0.512 e. The molecule has 4 N–H and O–H groups in total. The number of aromatic hydroxyl groups is 1. The van der Waals surface area contributed by atoms with Crippen LogP contribution in [0.4, 0.5) is 13.2 Å². The van der Waals surface area contributed by atoms with E-state index in [1.807, 2.05) is 123 Å². The molecule has 0 saturated carbocycles. The topological polar surface area (TPSA) is 355 Å². The number of carbonyl (C=O) groups excluding carboxylic acids is 7. The highest BCUT2D eigenvalue weighted by atomic mass is 79.9. The Labute approximate surface area is 732 Å². The summed E-state index contributed by atoms with van der Waals surface area (Å²) in [4.78, 5) is 76.4. The minimum atomic E-state index is -5.79. The van der Waals surface area contributed by atoms with Crippen molar-refractivity contribution in [3.8, 4) is 23.6 Å². The molecular formula is C83H124Br3ClF3N8O18S2+. The number of esters is 4. The van der Waals surface area contributed by atoms with Crippen LogP contribution in [-0.2, 0) is 77.3 Å². The number of nitrogens with zero attached hydrogens (tertiary/aromatic N) is 6. The monoisotopic (exact) mass is 1910 g/mol. The van der Waals surface area contributed by atoms with Crippen molar-refractivity contribution in [1.82, 2.24) is 13.9 Å². The quantitative estimate of drug-likeness (QED) is 0.00815. The van der Waals surface area contributed by atoms with Crippen LogP contribution in [0.1, 0.15) is 52.2 Å². The van der Waals surface area contributed by atoms with E-state index < -0.39 is 37.4 Å². The molecule has 0 heterocycles. The van der Waals surface area contributed by atoms with E-state index in [0.717, 1.165) is 72.8 Å². The summed E-state index contributed by atoms with van der Waals surface area (Å²) in [7, 11) is 6.98. The molecule has 35 heteroatoms. The molecule has 0 bridgehead atoms. The van der Waals surface area contributed by atoms with E-state index in [9.17, 15) is 63.6 Å². The third-order valence-electron chi connectivity index (χ3n) is 10.8. The zero-order valence-electron chi connectivity index (χ0n) is 70.7. The molecule has 0 unspecified atom stereocenters. The average Bonchev–Trinajstić information content (AvgIpc) is 0.825. The van der Waals surface area contributed by atoms with Gasteiger partial charge in [-0.05, 0) is 111 Å². The van der Waals surface area contributed by atoms with Crippen molar-refractivity contribution in [2.24, 2.45) is 11.7 Å².